The average Bonchev–Trinajstić information content (AvgIpc) is 2.64. The molecule has 0 bridgehead atoms. The number of thiazole rings is 1. The summed E-state index contributed by atoms with van der Waals surface area (Å²) >= 11 is 13.7. The molecule has 1 aromatic heterocycles. The van der Waals surface area contributed by atoms with E-state index in [0.29, 0.717) is 10.0 Å². The predicted octanol–water partition coefficient (Wildman–Crippen LogP) is 4.07. The lowest BCUT2D eigenvalue weighted by Crippen LogP contribution is -2.17. The molecule has 2 nitrogen and oxygen atoms in total. The minimum Gasteiger partial charge on any atom is -0.307 e. The number of benzene rings is 1. The van der Waals surface area contributed by atoms with Gasteiger partial charge in [0, 0.05) is 21.1 Å². The van der Waals surface area contributed by atoms with Crippen LogP contribution in [-0.2, 0) is 0 Å². The Kier molecular flexibility index (Phi) is 4.05. The van der Waals surface area contributed by atoms with Gasteiger partial charge in [-0.2, -0.15) is 0 Å². The molecule has 0 saturated heterocycles. The van der Waals surface area contributed by atoms with E-state index >= 15 is 0 Å². The summed E-state index contributed by atoms with van der Waals surface area (Å²) in [5, 5.41) is 7.56. The van der Waals surface area contributed by atoms with E-state index in [0.717, 1.165) is 16.3 Å². The van der Waals surface area contributed by atoms with E-state index in [4.69, 9.17) is 23.2 Å². The Morgan fingerprint density at radius 3 is 2.35 bits per heavy atom. The molecule has 0 spiro atoms. The normalized spacial score (nSPS) is 12.7. The Morgan fingerprint density at radius 1 is 1.24 bits per heavy atom. The second-order valence-electron chi connectivity index (χ2n) is 3.75. The van der Waals surface area contributed by atoms with Crippen LogP contribution in [0.4, 0.5) is 0 Å². The number of rotatable bonds is 3. The third-order valence-electron chi connectivity index (χ3n) is 2.39. The highest BCUT2D eigenvalue weighted by Crippen LogP contribution is 2.29. The van der Waals surface area contributed by atoms with Gasteiger partial charge in [0.15, 0.2) is 0 Å². The van der Waals surface area contributed by atoms with Crippen LogP contribution < -0.4 is 5.32 Å². The van der Waals surface area contributed by atoms with Crippen LogP contribution in [0.15, 0.2) is 23.6 Å². The van der Waals surface area contributed by atoms with Crippen molar-refractivity contribution in [3.63, 3.8) is 0 Å². The maximum atomic E-state index is 6.01. The summed E-state index contributed by atoms with van der Waals surface area (Å²) in [7, 11) is 1.90. The van der Waals surface area contributed by atoms with E-state index in [-0.39, 0.29) is 6.04 Å². The number of nitrogens with zero attached hydrogens (tertiary/aromatic N) is 1. The van der Waals surface area contributed by atoms with Crippen LogP contribution in [0, 0.1) is 6.92 Å². The highest BCUT2D eigenvalue weighted by molar-refractivity contribution is 7.09. The van der Waals surface area contributed by atoms with Crippen LogP contribution in [0.5, 0.6) is 0 Å². The maximum Gasteiger partial charge on any atom is 0.114 e. The Balaban J connectivity index is 2.41. The molecule has 2 rings (SSSR count). The summed E-state index contributed by atoms with van der Waals surface area (Å²) < 4.78 is 0. The zero-order valence-electron chi connectivity index (χ0n) is 9.50. The molecular weight excluding hydrogens is 275 g/mol. The van der Waals surface area contributed by atoms with E-state index in [1.807, 2.05) is 31.5 Å². The summed E-state index contributed by atoms with van der Waals surface area (Å²) in [6.45, 7) is 1.98. The van der Waals surface area contributed by atoms with Crippen LogP contribution in [0.25, 0.3) is 0 Å². The number of aryl methyl sites for hydroxylation is 1. The second-order valence-corrected chi connectivity index (χ2v) is 5.51. The van der Waals surface area contributed by atoms with Crippen molar-refractivity contribution < 1.29 is 0 Å². The molecule has 0 aliphatic carbocycles. The van der Waals surface area contributed by atoms with Gasteiger partial charge >= 0.3 is 0 Å². The minimum atomic E-state index is 0.0323. The lowest BCUT2D eigenvalue weighted by Gasteiger charge is -2.14. The van der Waals surface area contributed by atoms with E-state index in [1.54, 1.807) is 17.4 Å². The predicted molar refractivity (Wildman–Crippen MR) is 74.2 cm³/mol. The van der Waals surface area contributed by atoms with Gasteiger partial charge in [-0.15, -0.1) is 11.3 Å². The van der Waals surface area contributed by atoms with E-state index in [2.05, 4.69) is 10.3 Å². The molecule has 2 aromatic rings. The van der Waals surface area contributed by atoms with Crippen molar-refractivity contribution >= 4 is 34.5 Å². The standard InChI is InChI=1S/C12H12Cl2N2S/c1-7-6-17-12(16-7)11(15-2)8-3-9(13)5-10(14)4-8/h3-6,11,15H,1-2H3. The summed E-state index contributed by atoms with van der Waals surface area (Å²) in [4.78, 5) is 4.49. The minimum absolute atomic E-state index is 0.0323. The molecule has 90 valence electrons. The van der Waals surface area contributed by atoms with Gasteiger partial charge in [-0.05, 0) is 37.7 Å². The average molecular weight is 287 g/mol. The molecular formula is C12H12Cl2N2S. The van der Waals surface area contributed by atoms with Gasteiger partial charge in [0.05, 0.1) is 6.04 Å². The first-order valence-corrected chi connectivity index (χ1v) is 6.79. The smallest absolute Gasteiger partial charge is 0.114 e. The topological polar surface area (TPSA) is 24.9 Å². The van der Waals surface area contributed by atoms with Gasteiger partial charge in [0.2, 0.25) is 0 Å². The van der Waals surface area contributed by atoms with E-state index in [1.165, 1.54) is 0 Å². The first-order chi connectivity index (χ1) is 8.10. The van der Waals surface area contributed by atoms with Gasteiger partial charge < -0.3 is 5.32 Å². The molecule has 1 heterocycles. The molecule has 0 aliphatic heterocycles. The maximum absolute atomic E-state index is 6.01. The first kappa shape index (κ1) is 12.8. The molecule has 0 fully saturated rings. The number of hydrogen-bond acceptors (Lipinski definition) is 3. The van der Waals surface area contributed by atoms with Crippen LogP contribution in [0.1, 0.15) is 22.3 Å². The van der Waals surface area contributed by atoms with Crippen molar-refractivity contribution in [3.8, 4) is 0 Å². The van der Waals surface area contributed by atoms with Crippen LogP contribution in [0.3, 0.4) is 0 Å². The summed E-state index contributed by atoms with van der Waals surface area (Å²) in [5.41, 5.74) is 2.05. The fourth-order valence-corrected chi connectivity index (χ4v) is 3.15. The molecule has 1 unspecified atom stereocenters. The molecule has 0 radical (unpaired) electrons. The number of aromatic nitrogens is 1. The number of halogens is 2. The van der Waals surface area contributed by atoms with Crippen molar-refractivity contribution in [1.29, 1.82) is 0 Å². The molecule has 0 aliphatic rings. The zero-order chi connectivity index (χ0) is 12.4. The third-order valence-corrected chi connectivity index (χ3v) is 3.85. The lowest BCUT2D eigenvalue weighted by atomic mass is 10.1. The summed E-state index contributed by atoms with van der Waals surface area (Å²) in [5.74, 6) is 0. The SMILES string of the molecule is CNC(c1cc(Cl)cc(Cl)c1)c1nc(C)cs1. The van der Waals surface area contributed by atoms with Crippen LogP contribution in [0.2, 0.25) is 10.0 Å². The molecule has 1 N–H and O–H groups in total. The Labute approximate surface area is 115 Å². The molecule has 5 heteroatoms. The van der Waals surface area contributed by atoms with Gasteiger partial charge in [0.25, 0.3) is 0 Å². The van der Waals surface area contributed by atoms with Gasteiger partial charge in [0.1, 0.15) is 5.01 Å². The molecule has 1 atom stereocenters. The summed E-state index contributed by atoms with van der Waals surface area (Å²) in [6.07, 6.45) is 0. The van der Waals surface area contributed by atoms with Gasteiger partial charge in [-0.3, -0.25) is 0 Å². The quantitative estimate of drug-likeness (QED) is 0.920. The second kappa shape index (κ2) is 5.36. The largest absolute Gasteiger partial charge is 0.307 e. The Bertz CT molecular complexity index is 505. The first-order valence-electron chi connectivity index (χ1n) is 5.15. The Morgan fingerprint density at radius 2 is 1.88 bits per heavy atom. The van der Waals surface area contributed by atoms with Crippen molar-refractivity contribution in [3.05, 3.63) is 49.9 Å². The third kappa shape index (κ3) is 2.99. The van der Waals surface area contributed by atoms with Gasteiger partial charge in [-0.1, -0.05) is 23.2 Å². The highest BCUT2D eigenvalue weighted by Gasteiger charge is 2.16. The fraction of sp³-hybridized carbons (Fsp3) is 0.250. The Hall–Kier alpha value is -0.610. The number of nitrogens with one attached hydrogen (secondary N) is 1. The summed E-state index contributed by atoms with van der Waals surface area (Å²) in [6, 6.07) is 5.58. The van der Waals surface area contributed by atoms with Crippen LogP contribution >= 0.6 is 34.5 Å². The van der Waals surface area contributed by atoms with Gasteiger partial charge in [-0.25, -0.2) is 4.98 Å². The molecule has 1 aromatic carbocycles. The molecule has 0 saturated carbocycles. The fourth-order valence-electron chi connectivity index (χ4n) is 1.68. The number of hydrogen-bond donors (Lipinski definition) is 1. The van der Waals surface area contributed by atoms with Crippen molar-refractivity contribution in [2.24, 2.45) is 0 Å². The van der Waals surface area contributed by atoms with Crippen molar-refractivity contribution in [2.45, 2.75) is 13.0 Å². The zero-order valence-corrected chi connectivity index (χ0v) is 11.8. The van der Waals surface area contributed by atoms with Crippen molar-refractivity contribution in [1.82, 2.24) is 10.3 Å². The van der Waals surface area contributed by atoms with Crippen LogP contribution in [-0.4, -0.2) is 12.0 Å². The lowest BCUT2D eigenvalue weighted by molar-refractivity contribution is 0.685. The van der Waals surface area contributed by atoms with E-state index in [9.17, 15) is 0 Å². The molecule has 17 heavy (non-hydrogen) atoms. The van der Waals surface area contributed by atoms with Crippen molar-refractivity contribution in [2.75, 3.05) is 7.05 Å². The highest BCUT2D eigenvalue weighted by atomic mass is 35.5. The monoisotopic (exact) mass is 286 g/mol. The molecule has 0 amide bonds. The van der Waals surface area contributed by atoms with E-state index < -0.39 is 0 Å².